The normalized spacial score (nSPS) is 12.8. The average molecular weight is 324 g/mol. The summed E-state index contributed by atoms with van der Waals surface area (Å²) in [5.74, 6) is -0.212. The van der Waals surface area contributed by atoms with Gasteiger partial charge in [-0.25, -0.2) is 9.37 Å². The number of imidazole rings is 1. The fourth-order valence-corrected chi connectivity index (χ4v) is 2.92. The first kappa shape index (κ1) is 14.2. The van der Waals surface area contributed by atoms with Gasteiger partial charge in [-0.2, -0.15) is 0 Å². The van der Waals surface area contributed by atoms with Gasteiger partial charge in [0.15, 0.2) is 0 Å². The fourth-order valence-electron chi connectivity index (χ4n) is 2.47. The first-order valence-electron chi connectivity index (χ1n) is 6.36. The summed E-state index contributed by atoms with van der Waals surface area (Å²) in [6, 6.07) is 10.1. The molecule has 0 saturated heterocycles. The SMILES string of the molecule is CC(c1ccccc1Cl)n1c(N)nc2cc(Cl)c(F)cc21. The highest BCUT2D eigenvalue weighted by Gasteiger charge is 2.19. The second-order valence-corrected chi connectivity index (χ2v) is 5.61. The molecule has 0 aliphatic heterocycles. The van der Waals surface area contributed by atoms with Gasteiger partial charge in [-0.05, 0) is 24.6 Å². The Morgan fingerprint density at radius 2 is 1.90 bits per heavy atom. The Kier molecular flexibility index (Phi) is 3.51. The Bertz CT molecular complexity index is 829. The number of halogens is 3. The van der Waals surface area contributed by atoms with Gasteiger partial charge in [-0.1, -0.05) is 41.4 Å². The molecule has 6 heteroatoms. The zero-order chi connectivity index (χ0) is 15.1. The van der Waals surface area contributed by atoms with E-state index in [9.17, 15) is 4.39 Å². The quantitative estimate of drug-likeness (QED) is 0.744. The highest BCUT2D eigenvalue weighted by Crippen LogP contribution is 2.32. The van der Waals surface area contributed by atoms with Crippen LogP contribution >= 0.6 is 23.2 Å². The van der Waals surface area contributed by atoms with Gasteiger partial charge in [0.2, 0.25) is 5.95 Å². The third-order valence-corrected chi connectivity index (χ3v) is 4.14. The summed E-state index contributed by atoms with van der Waals surface area (Å²) in [4.78, 5) is 4.24. The Balaban J connectivity index is 2.22. The molecule has 2 N–H and O–H groups in total. The highest BCUT2D eigenvalue weighted by molar-refractivity contribution is 6.31. The number of rotatable bonds is 2. The molecule has 3 rings (SSSR count). The summed E-state index contributed by atoms with van der Waals surface area (Å²) in [5.41, 5.74) is 8.01. The van der Waals surface area contributed by atoms with E-state index in [4.69, 9.17) is 28.9 Å². The van der Waals surface area contributed by atoms with Crippen molar-refractivity contribution in [2.75, 3.05) is 5.73 Å². The minimum Gasteiger partial charge on any atom is -0.369 e. The van der Waals surface area contributed by atoms with Crippen molar-refractivity contribution >= 4 is 40.2 Å². The van der Waals surface area contributed by atoms with Crippen LogP contribution < -0.4 is 5.73 Å². The van der Waals surface area contributed by atoms with Crippen LogP contribution in [-0.4, -0.2) is 9.55 Å². The number of hydrogen-bond acceptors (Lipinski definition) is 2. The van der Waals surface area contributed by atoms with E-state index in [1.807, 2.05) is 25.1 Å². The molecular weight excluding hydrogens is 312 g/mol. The predicted molar refractivity (Wildman–Crippen MR) is 84.4 cm³/mol. The van der Waals surface area contributed by atoms with Gasteiger partial charge >= 0.3 is 0 Å². The Morgan fingerprint density at radius 3 is 2.62 bits per heavy atom. The van der Waals surface area contributed by atoms with Gasteiger partial charge in [0.25, 0.3) is 0 Å². The van der Waals surface area contributed by atoms with Crippen LogP contribution in [0.25, 0.3) is 11.0 Å². The summed E-state index contributed by atoms with van der Waals surface area (Å²) in [6.07, 6.45) is 0. The Hall–Kier alpha value is -1.78. The smallest absolute Gasteiger partial charge is 0.201 e. The lowest BCUT2D eigenvalue weighted by molar-refractivity contribution is 0.625. The minimum atomic E-state index is -0.503. The molecular formula is C15H12Cl2FN3. The van der Waals surface area contributed by atoms with Crippen molar-refractivity contribution in [3.63, 3.8) is 0 Å². The van der Waals surface area contributed by atoms with Crippen LogP contribution in [0.2, 0.25) is 10.0 Å². The number of benzene rings is 2. The van der Waals surface area contributed by atoms with Crippen molar-refractivity contribution < 1.29 is 4.39 Å². The zero-order valence-electron chi connectivity index (χ0n) is 11.1. The van der Waals surface area contributed by atoms with Gasteiger partial charge in [-0.15, -0.1) is 0 Å². The van der Waals surface area contributed by atoms with Gasteiger partial charge in [0, 0.05) is 11.1 Å². The molecule has 1 heterocycles. The lowest BCUT2D eigenvalue weighted by Crippen LogP contribution is -2.10. The number of fused-ring (bicyclic) bond motifs is 1. The van der Waals surface area contributed by atoms with Crippen LogP contribution in [0.3, 0.4) is 0 Å². The number of nitrogen functional groups attached to an aromatic ring is 1. The van der Waals surface area contributed by atoms with Crippen LogP contribution in [0.4, 0.5) is 10.3 Å². The van der Waals surface area contributed by atoms with Crippen LogP contribution in [0.5, 0.6) is 0 Å². The van der Waals surface area contributed by atoms with Crippen LogP contribution in [0, 0.1) is 5.82 Å². The minimum absolute atomic E-state index is 0.0255. The van der Waals surface area contributed by atoms with E-state index in [0.717, 1.165) is 5.56 Å². The molecule has 0 radical (unpaired) electrons. The monoisotopic (exact) mass is 323 g/mol. The Morgan fingerprint density at radius 1 is 1.19 bits per heavy atom. The van der Waals surface area contributed by atoms with E-state index in [1.54, 1.807) is 10.6 Å². The van der Waals surface area contributed by atoms with Crippen LogP contribution in [0.15, 0.2) is 36.4 Å². The van der Waals surface area contributed by atoms with Crippen LogP contribution in [-0.2, 0) is 0 Å². The molecule has 21 heavy (non-hydrogen) atoms. The summed E-state index contributed by atoms with van der Waals surface area (Å²) in [7, 11) is 0. The molecule has 3 aromatic rings. The largest absolute Gasteiger partial charge is 0.369 e. The lowest BCUT2D eigenvalue weighted by Gasteiger charge is -2.17. The maximum atomic E-state index is 13.7. The van der Waals surface area contributed by atoms with Gasteiger partial charge in [0.05, 0.1) is 22.1 Å². The summed E-state index contributed by atoms with van der Waals surface area (Å²) in [5, 5.41) is 0.651. The molecule has 0 bridgehead atoms. The zero-order valence-corrected chi connectivity index (χ0v) is 12.7. The topological polar surface area (TPSA) is 43.8 Å². The molecule has 0 spiro atoms. The molecule has 0 saturated carbocycles. The van der Waals surface area contributed by atoms with Gasteiger partial charge in [0.1, 0.15) is 5.82 Å². The summed E-state index contributed by atoms with van der Waals surface area (Å²) < 4.78 is 15.5. The third kappa shape index (κ3) is 2.34. The second kappa shape index (κ2) is 5.20. The molecule has 108 valence electrons. The van der Waals surface area contributed by atoms with E-state index in [2.05, 4.69) is 4.98 Å². The second-order valence-electron chi connectivity index (χ2n) is 4.79. The van der Waals surface area contributed by atoms with Crippen molar-refractivity contribution in [2.45, 2.75) is 13.0 Å². The number of nitrogens with zero attached hydrogens (tertiary/aromatic N) is 2. The van der Waals surface area contributed by atoms with E-state index in [0.29, 0.717) is 22.0 Å². The first-order valence-corrected chi connectivity index (χ1v) is 7.11. The van der Waals surface area contributed by atoms with Crippen molar-refractivity contribution in [2.24, 2.45) is 0 Å². The molecule has 0 aliphatic carbocycles. The average Bonchev–Trinajstić information content (AvgIpc) is 2.74. The standard InChI is InChI=1S/C15H12Cl2FN3/c1-8(9-4-2-3-5-10(9)16)21-14-7-12(18)11(17)6-13(14)20-15(21)19/h2-8H,1H3,(H2,19,20). The van der Waals surface area contributed by atoms with Crippen molar-refractivity contribution in [3.8, 4) is 0 Å². The van der Waals surface area contributed by atoms with E-state index >= 15 is 0 Å². The van der Waals surface area contributed by atoms with Crippen molar-refractivity contribution in [3.05, 3.63) is 57.8 Å². The van der Waals surface area contributed by atoms with Crippen molar-refractivity contribution in [1.29, 1.82) is 0 Å². The van der Waals surface area contributed by atoms with E-state index in [-0.39, 0.29) is 11.1 Å². The number of nitrogens with two attached hydrogens (primary N) is 1. The van der Waals surface area contributed by atoms with Gasteiger partial charge < -0.3 is 10.3 Å². The number of aromatic nitrogens is 2. The maximum absolute atomic E-state index is 13.7. The van der Waals surface area contributed by atoms with Crippen molar-refractivity contribution in [1.82, 2.24) is 9.55 Å². The maximum Gasteiger partial charge on any atom is 0.201 e. The molecule has 2 aromatic carbocycles. The molecule has 0 fully saturated rings. The molecule has 1 aromatic heterocycles. The number of anilines is 1. The highest BCUT2D eigenvalue weighted by atomic mass is 35.5. The summed E-state index contributed by atoms with van der Waals surface area (Å²) in [6.45, 7) is 1.94. The lowest BCUT2D eigenvalue weighted by atomic mass is 10.1. The van der Waals surface area contributed by atoms with E-state index < -0.39 is 5.82 Å². The fraction of sp³-hybridized carbons (Fsp3) is 0.133. The van der Waals surface area contributed by atoms with Crippen LogP contribution in [0.1, 0.15) is 18.5 Å². The third-order valence-electron chi connectivity index (χ3n) is 3.50. The molecule has 1 unspecified atom stereocenters. The van der Waals surface area contributed by atoms with E-state index in [1.165, 1.54) is 12.1 Å². The Labute approximate surface area is 131 Å². The molecule has 0 amide bonds. The first-order chi connectivity index (χ1) is 9.99. The molecule has 1 atom stereocenters. The molecule has 0 aliphatic rings. The molecule has 3 nitrogen and oxygen atoms in total. The number of hydrogen-bond donors (Lipinski definition) is 1. The predicted octanol–water partition coefficient (Wildman–Crippen LogP) is 4.67. The van der Waals surface area contributed by atoms with Gasteiger partial charge in [-0.3, -0.25) is 0 Å². The summed E-state index contributed by atoms with van der Waals surface area (Å²) >= 11 is 12.0.